The maximum atomic E-state index is 12.4. The summed E-state index contributed by atoms with van der Waals surface area (Å²) in [6.45, 7) is 2.99. The molecule has 0 N–H and O–H groups in total. The molecule has 1 aliphatic heterocycles. The Morgan fingerprint density at radius 2 is 1.95 bits per heavy atom. The predicted octanol–water partition coefficient (Wildman–Crippen LogP) is 0.777. The Morgan fingerprint density at radius 3 is 2.55 bits per heavy atom. The van der Waals surface area contributed by atoms with Crippen LogP contribution in [0.25, 0.3) is 0 Å². The molecule has 104 valence electrons. The Bertz CT molecular complexity index is 587. The summed E-state index contributed by atoms with van der Waals surface area (Å²) in [5.74, 6) is 0.967. The van der Waals surface area contributed by atoms with Gasteiger partial charge in [0.15, 0.2) is 5.82 Å². The molecule has 2 aromatic rings. The molecule has 0 spiro atoms. The molecule has 6 heteroatoms. The number of piperazine rings is 1. The van der Waals surface area contributed by atoms with E-state index < -0.39 is 0 Å². The van der Waals surface area contributed by atoms with E-state index in [-0.39, 0.29) is 5.91 Å². The van der Waals surface area contributed by atoms with Crippen LogP contribution >= 0.6 is 0 Å². The van der Waals surface area contributed by atoms with Crippen LogP contribution in [0.4, 0.5) is 5.82 Å². The number of hydrogen-bond acceptors (Lipinski definition) is 4. The summed E-state index contributed by atoms with van der Waals surface area (Å²) in [6, 6.07) is 7.58. The average molecular weight is 271 g/mol. The second-order valence-corrected chi connectivity index (χ2v) is 4.87. The van der Waals surface area contributed by atoms with Crippen LogP contribution in [0.5, 0.6) is 0 Å². The fourth-order valence-electron chi connectivity index (χ4n) is 2.45. The Hall–Kier alpha value is -2.37. The van der Waals surface area contributed by atoms with E-state index in [1.165, 1.54) is 0 Å². The van der Waals surface area contributed by atoms with Gasteiger partial charge in [0.05, 0.1) is 0 Å². The fraction of sp³-hybridized carbons (Fsp3) is 0.357. The van der Waals surface area contributed by atoms with Crippen molar-refractivity contribution in [3.05, 3.63) is 42.4 Å². The Kier molecular flexibility index (Phi) is 3.37. The molecule has 0 saturated carbocycles. The summed E-state index contributed by atoms with van der Waals surface area (Å²) in [5.41, 5.74) is 0.734. The molecule has 0 unspecified atom stereocenters. The third kappa shape index (κ3) is 2.36. The number of carbonyl (C=O) groups is 1. The average Bonchev–Trinajstić information content (AvgIpc) is 2.94. The van der Waals surface area contributed by atoms with Crippen LogP contribution in [-0.2, 0) is 7.05 Å². The van der Waals surface area contributed by atoms with Gasteiger partial charge in [-0.3, -0.25) is 4.79 Å². The topological polar surface area (TPSA) is 54.3 Å². The minimum atomic E-state index is 0.0938. The summed E-state index contributed by atoms with van der Waals surface area (Å²) in [5, 5.41) is 8.00. The van der Waals surface area contributed by atoms with Crippen LogP contribution in [0.2, 0.25) is 0 Å². The molecular weight excluding hydrogens is 254 g/mol. The minimum Gasteiger partial charge on any atom is -0.352 e. The van der Waals surface area contributed by atoms with E-state index >= 15 is 0 Å². The second kappa shape index (κ2) is 5.32. The van der Waals surface area contributed by atoms with Crippen LogP contribution in [0.1, 0.15) is 10.5 Å². The lowest BCUT2D eigenvalue weighted by Gasteiger charge is -2.35. The first-order valence-corrected chi connectivity index (χ1v) is 6.69. The van der Waals surface area contributed by atoms with E-state index in [1.807, 2.05) is 47.0 Å². The monoisotopic (exact) mass is 271 g/mol. The van der Waals surface area contributed by atoms with Crippen molar-refractivity contribution in [1.82, 2.24) is 19.7 Å². The molecule has 3 heterocycles. The molecule has 1 fully saturated rings. The third-order valence-electron chi connectivity index (χ3n) is 3.61. The zero-order chi connectivity index (χ0) is 13.9. The highest BCUT2D eigenvalue weighted by atomic mass is 16.2. The van der Waals surface area contributed by atoms with Gasteiger partial charge in [0.1, 0.15) is 5.69 Å². The first-order valence-electron chi connectivity index (χ1n) is 6.69. The molecule has 20 heavy (non-hydrogen) atoms. The molecule has 1 aliphatic rings. The van der Waals surface area contributed by atoms with Gasteiger partial charge in [-0.15, -0.1) is 5.10 Å². The Balaban J connectivity index is 1.64. The lowest BCUT2D eigenvalue weighted by atomic mass is 10.2. The van der Waals surface area contributed by atoms with Crippen LogP contribution in [0.15, 0.2) is 36.7 Å². The molecule has 0 radical (unpaired) electrons. The highest BCUT2D eigenvalue weighted by molar-refractivity contribution is 5.92. The Morgan fingerprint density at radius 1 is 1.15 bits per heavy atom. The molecular formula is C14H17N5O. The molecule has 0 bridgehead atoms. The van der Waals surface area contributed by atoms with Gasteiger partial charge < -0.3 is 14.4 Å². The lowest BCUT2D eigenvalue weighted by molar-refractivity contribution is 0.0737. The van der Waals surface area contributed by atoms with Crippen molar-refractivity contribution in [2.45, 2.75) is 0 Å². The van der Waals surface area contributed by atoms with E-state index in [0.717, 1.165) is 24.6 Å². The molecule has 2 aromatic heterocycles. The number of amides is 1. The van der Waals surface area contributed by atoms with Crippen molar-refractivity contribution in [2.24, 2.45) is 7.05 Å². The quantitative estimate of drug-likeness (QED) is 0.810. The van der Waals surface area contributed by atoms with Crippen molar-refractivity contribution in [1.29, 1.82) is 0 Å². The van der Waals surface area contributed by atoms with Crippen molar-refractivity contribution in [2.75, 3.05) is 31.1 Å². The summed E-state index contributed by atoms with van der Waals surface area (Å²) in [7, 11) is 1.89. The third-order valence-corrected chi connectivity index (χ3v) is 3.61. The van der Waals surface area contributed by atoms with Gasteiger partial charge in [0.25, 0.3) is 5.91 Å². The SMILES string of the molecule is Cn1cccc1C(=O)N1CCN(c2cccnn2)CC1. The molecule has 1 amide bonds. The number of nitrogens with zero attached hydrogens (tertiary/aromatic N) is 5. The van der Waals surface area contributed by atoms with Gasteiger partial charge >= 0.3 is 0 Å². The predicted molar refractivity (Wildman–Crippen MR) is 75.6 cm³/mol. The number of rotatable bonds is 2. The summed E-state index contributed by atoms with van der Waals surface area (Å²) in [4.78, 5) is 16.4. The molecule has 6 nitrogen and oxygen atoms in total. The first kappa shape index (κ1) is 12.7. The van der Waals surface area contributed by atoms with E-state index in [9.17, 15) is 4.79 Å². The first-order chi connectivity index (χ1) is 9.75. The van der Waals surface area contributed by atoms with Gasteiger partial charge in [-0.25, -0.2) is 0 Å². The van der Waals surface area contributed by atoms with Gasteiger partial charge in [-0.05, 0) is 24.3 Å². The zero-order valence-electron chi connectivity index (χ0n) is 11.4. The van der Waals surface area contributed by atoms with Crippen molar-refractivity contribution < 1.29 is 4.79 Å². The normalized spacial score (nSPS) is 15.4. The van der Waals surface area contributed by atoms with Crippen LogP contribution in [0, 0.1) is 0 Å². The number of carbonyl (C=O) groups excluding carboxylic acids is 1. The van der Waals surface area contributed by atoms with Gasteiger partial charge in [-0.1, -0.05) is 0 Å². The molecule has 1 saturated heterocycles. The second-order valence-electron chi connectivity index (χ2n) is 4.87. The molecule has 0 atom stereocenters. The van der Waals surface area contributed by atoms with Gasteiger partial charge in [0, 0.05) is 45.6 Å². The number of aromatic nitrogens is 3. The lowest BCUT2D eigenvalue weighted by Crippen LogP contribution is -2.49. The van der Waals surface area contributed by atoms with Crippen LogP contribution in [0.3, 0.4) is 0 Å². The van der Waals surface area contributed by atoms with E-state index in [2.05, 4.69) is 15.1 Å². The molecule has 3 rings (SSSR count). The summed E-state index contributed by atoms with van der Waals surface area (Å²) in [6.07, 6.45) is 3.56. The smallest absolute Gasteiger partial charge is 0.270 e. The van der Waals surface area contributed by atoms with Crippen molar-refractivity contribution >= 4 is 11.7 Å². The van der Waals surface area contributed by atoms with Crippen LogP contribution in [-0.4, -0.2) is 51.8 Å². The van der Waals surface area contributed by atoms with Crippen LogP contribution < -0.4 is 4.90 Å². The Labute approximate surface area is 117 Å². The van der Waals surface area contributed by atoms with Crippen molar-refractivity contribution in [3.8, 4) is 0 Å². The maximum absolute atomic E-state index is 12.4. The number of aryl methyl sites for hydroxylation is 1. The highest BCUT2D eigenvalue weighted by Crippen LogP contribution is 2.13. The number of anilines is 1. The standard InChI is InChI=1S/C14H17N5O/c1-17-7-3-4-12(17)14(20)19-10-8-18(9-11-19)13-5-2-6-15-16-13/h2-7H,8-11H2,1H3. The van der Waals surface area contributed by atoms with Gasteiger partial charge in [-0.2, -0.15) is 5.10 Å². The van der Waals surface area contributed by atoms with Gasteiger partial charge in [0.2, 0.25) is 0 Å². The largest absolute Gasteiger partial charge is 0.352 e. The maximum Gasteiger partial charge on any atom is 0.270 e. The summed E-state index contributed by atoms with van der Waals surface area (Å²) < 4.78 is 1.86. The van der Waals surface area contributed by atoms with E-state index in [0.29, 0.717) is 13.1 Å². The molecule has 0 aromatic carbocycles. The minimum absolute atomic E-state index is 0.0938. The summed E-state index contributed by atoms with van der Waals surface area (Å²) >= 11 is 0. The van der Waals surface area contributed by atoms with Crippen molar-refractivity contribution in [3.63, 3.8) is 0 Å². The number of hydrogen-bond donors (Lipinski definition) is 0. The zero-order valence-corrected chi connectivity index (χ0v) is 11.4. The van der Waals surface area contributed by atoms with E-state index in [1.54, 1.807) is 6.20 Å². The molecule has 0 aliphatic carbocycles. The highest BCUT2D eigenvalue weighted by Gasteiger charge is 2.23. The van der Waals surface area contributed by atoms with E-state index in [4.69, 9.17) is 0 Å². The fourth-order valence-corrected chi connectivity index (χ4v) is 2.45.